The molecule has 3 rings (SSSR count). The highest BCUT2D eigenvalue weighted by atomic mass is 16.3. The molecule has 1 aliphatic heterocycles. The first kappa shape index (κ1) is 16.7. The summed E-state index contributed by atoms with van der Waals surface area (Å²) in [6.07, 6.45) is 4.18. The summed E-state index contributed by atoms with van der Waals surface area (Å²) < 4.78 is 1.88. The first-order valence-corrected chi connectivity index (χ1v) is 8.63. The van der Waals surface area contributed by atoms with E-state index in [9.17, 15) is 4.79 Å². The van der Waals surface area contributed by atoms with Gasteiger partial charge in [-0.3, -0.25) is 9.48 Å². The van der Waals surface area contributed by atoms with Gasteiger partial charge >= 0.3 is 0 Å². The van der Waals surface area contributed by atoms with E-state index in [0.717, 1.165) is 31.5 Å². The Morgan fingerprint density at radius 3 is 2.58 bits per heavy atom. The van der Waals surface area contributed by atoms with Crippen LogP contribution in [0.4, 0.5) is 0 Å². The Balaban J connectivity index is 1.55. The van der Waals surface area contributed by atoms with Crippen LogP contribution in [0.5, 0.6) is 0 Å². The zero-order valence-electron chi connectivity index (χ0n) is 14.2. The van der Waals surface area contributed by atoms with Gasteiger partial charge in [-0.25, -0.2) is 0 Å². The van der Waals surface area contributed by atoms with Gasteiger partial charge in [0.15, 0.2) is 0 Å². The lowest BCUT2D eigenvalue weighted by Crippen LogP contribution is -2.39. The molecule has 24 heavy (non-hydrogen) atoms. The zero-order valence-corrected chi connectivity index (χ0v) is 14.2. The van der Waals surface area contributed by atoms with Crippen LogP contribution < -0.4 is 0 Å². The molecule has 0 atom stereocenters. The van der Waals surface area contributed by atoms with Crippen LogP contribution in [0.3, 0.4) is 0 Å². The normalized spacial score (nSPS) is 15.7. The highest BCUT2D eigenvalue weighted by molar-refractivity contribution is 5.78. The van der Waals surface area contributed by atoms with Crippen molar-refractivity contribution in [1.82, 2.24) is 14.7 Å². The fourth-order valence-electron chi connectivity index (χ4n) is 3.39. The van der Waals surface area contributed by atoms with Crippen molar-refractivity contribution >= 4 is 5.91 Å². The van der Waals surface area contributed by atoms with Crippen molar-refractivity contribution in [2.75, 3.05) is 19.7 Å². The van der Waals surface area contributed by atoms with Crippen molar-refractivity contribution in [2.45, 2.75) is 38.6 Å². The third kappa shape index (κ3) is 3.85. The number of carbonyl (C=O) groups excluding carboxylic acids is 1. The van der Waals surface area contributed by atoms with E-state index in [4.69, 9.17) is 5.11 Å². The monoisotopic (exact) mass is 327 g/mol. The summed E-state index contributed by atoms with van der Waals surface area (Å²) >= 11 is 0. The fraction of sp³-hybridized carbons (Fsp3) is 0.474. The minimum absolute atomic E-state index is 0.0998. The number of hydrogen-bond donors (Lipinski definition) is 1. The Labute approximate surface area is 142 Å². The third-order valence-electron chi connectivity index (χ3n) is 4.80. The molecule has 0 bridgehead atoms. The molecular formula is C19H25N3O2. The van der Waals surface area contributed by atoms with Crippen molar-refractivity contribution in [1.29, 1.82) is 0 Å². The summed E-state index contributed by atoms with van der Waals surface area (Å²) in [5.74, 6) is 0.628. The van der Waals surface area contributed by atoms with Crippen LogP contribution in [-0.2, 0) is 17.8 Å². The predicted molar refractivity (Wildman–Crippen MR) is 92.8 cm³/mol. The van der Waals surface area contributed by atoms with Crippen LogP contribution in [0, 0.1) is 6.92 Å². The standard InChI is InChI=1S/C19H25N3O2/c1-15-2-4-16(5-3-15)14-19(24)21-10-7-17(8-11-21)18-6-9-20-22(18)12-13-23/h2-6,9,17,23H,7-8,10-14H2,1H3. The lowest BCUT2D eigenvalue weighted by atomic mass is 9.93. The van der Waals surface area contributed by atoms with Crippen molar-refractivity contribution in [3.8, 4) is 0 Å². The van der Waals surface area contributed by atoms with E-state index in [1.54, 1.807) is 6.20 Å². The molecule has 1 amide bonds. The summed E-state index contributed by atoms with van der Waals surface area (Å²) in [5, 5.41) is 13.4. The summed E-state index contributed by atoms with van der Waals surface area (Å²) in [5.41, 5.74) is 3.47. The fourth-order valence-corrected chi connectivity index (χ4v) is 3.39. The highest BCUT2D eigenvalue weighted by Gasteiger charge is 2.25. The maximum atomic E-state index is 12.5. The molecule has 0 spiro atoms. The number of aliphatic hydroxyl groups is 1. The van der Waals surface area contributed by atoms with E-state index in [0.29, 0.717) is 18.9 Å². The summed E-state index contributed by atoms with van der Waals surface area (Å²) in [6.45, 7) is 4.27. The molecule has 1 aliphatic rings. The van der Waals surface area contributed by atoms with Gasteiger partial charge in [0, 0.05) is 30.9 Å². The molecule has 1 fully saturated rings. The average molecular weight is 327 g/mol. The second-order valence-electron chi connectivity index (χ2n) is 6.52. The number of rotatable bonds is 5. The molecule has 0 unspecified atom stereocenters. The van der Waals surface area contributed by atoms with Crippen LogP contribution in [0.1, 0.15) is 35.6 Å². The lowest BCUT2D eigenvalue weighted by Gasteiger charge is -2.32. The smallest absolute Gasteiger partial charge is 0.226 e. The SMILES string of the molecule is Cc1ccc(CC(=O)N2CCC(c3ccnn3CCO)CC2)cc1. The minimum Gasteiger partial charge on any atom is -0.394 e. The molecular weight excluding hydrogens is 302 g/mol. The predicted octanol–water partition coefficient (Wildman–Crippen LogP) is 2.13. The number of piperidine rings is 1. The Morgan fingerprint density at radius 1 is 1.21 bits per heavy atom. The zero-order chi connectivity index (χ0) is 16.9. The number of aromatic nitrogens is 2. The lowest BCUT2D eigenvalue weighted by molar-refractivity contribution is -0.131. The molecule has 5 nitrogen and oxygen atoms in total. The van der Waals surface area contributed by atoms with Gasteiger partial charge in [-0.05, 0) is 31.4 Å². The van der Waals surface area contributed by atoms with Crippen molar-refractivity contribution in [3.05, 3.63) is 53.3 Å². The van der Waals surface area contributed by atoms with E-state index in [1.165, 1.54) is 11.3 Å². The number of hydrogen-bond acceptors (Lipinski definition) is 3. The van der Waals surface area contributed by atoms with Gasteiger partial charge in [0.1, 0.15) is 0 Å². The maximum Gasteiger partial charge on any atom is 0.226 e. The Morgan fingerprint density at radius 2 is 1.92 bits per heavy atom. The molecule has 128 valence electrons. The van der Waals surface area contributed by atoms with Crippen LogP contribution in [0.2, 0.25) is 0 Å². The van der Waals surface area contributed by atoms with E-state index in [2.05, 4.69) is 24.2 Å². The first-order chi connectivity index (χ1) is 11.7. The van der Waals surface area contributed by atoms with E-state index in [1.807, 2.05) is 27.8 Å². The van der Waals surface area contributed by atoms with Gasteiger partial charge < -0.3 is 10.0 Å². The van der Waals surface area contributed by atoms with Gasteiger partial charge in [-0.2, -0.15) is 5.10 Å². The number of aliphatic hydroxyl groups excluding tert-OH is 1. The Kier molecular flexibility index (Phi) is 5.30. The third-order valence-corrected chi connectivity index (χ3v) is 4.80. The Bertz CT molecular complexity index is 670. The number of nitrogens with zero attached hydrogens (tertiary/aromatic N) is 3. The van der Waals surface area contributed by atoms with Crippen molar-refractivity contribution < 1.29 is 9.90 Å². The molecule has 0 radical (unpaired) electrons. The van der Waals surface area contributed by atoms with Crippen molar-refractivity contribution in [2.24, 2.45) is 0 Å². The van der Waals surface area contributed by atoms with Crippen LogP contribution in [0.15, 0.2) is 36.5 Å². The molecule has 1 aromatic carbocycles. The summed E-state index contributed by atoms with van der Waals surface area (Å²) in [4.78, 5) is 14.5. The van der Waals surface area contributed by atoms with Crippen LogP contribution >= 0.6 is 0 Å². The quantitative estimate of drug-likeness (QED) is 0.915. The number of likely N-dealkylation sites (tertiary alicyclic amines) is 1. The number of benzene rings is 1. The molecule has 2 heterocycles. The minimum atomic E-state index is 0.0998. The molecule has 1 aromatic heterocycles. The molecule has 5 heteroatoms. The number of carbonyl (C=O) groups is 1. The van der Waals surface area contributed by atoms with Gasteiger partial charge in [0.25, 0.3) is 0 Å². The molecule has 1 saturated heterocycles. The molecule has 0 aliphatic carbocycles. The number of aryl methyl sites for hydroxylation is 1. The molecule has 0 saturated carbocycles. The van der Waals surface area contributed by atoms with Gasteiger partial charge in [0.05, 0.1) is 19.6 Å². The molecule has 2 aromatic rings. The molecule has 1 N–H and O–H groups in total. The first-order valence-electron chi connectivity index (χ1n) is 8.63. The van der Waals surface area contributed by atoms with Crippen LogP contribution in [0.25, 0.3) is 0 Å². The average Bonchev–Trinajstić information content (AvgIpc) is 3.06. The summed E-state index contributed by atoms with van der Waals surface area (Å²) in [7, 11) is 0. The van der Waals surface area contributed by atoms with Gasteiger partial charge in [-0.15, -0.1) is 0 Å². The van der Waals surface area contributed by atoms with E-state index < -0.39 is 0 Å². The second-order valence-corrected chi connectivity index (χ2v) is 6.52. The van der Waals surface area contributed by atoms with Crippen molar-refractivity contribution in [3.63, 3.8) is 0 Å². The summed E-state index contributed by atoms with van der Waals surface area (Å²) in [6, 6.07) is 10.2. The Hall–Kier alpha value is -2.14. The largest absolute Gasteiger partial charge is 0.394 e. The second kappa shape index (κ2) is 7.62. The van der Waals surface area contributed by atoms with Gasteiger partial charge in [0.2, 0.25) is 5.91 Å². The highest BCUT2D eigenvalue weighted by Crippen LogP contribution is 2.28. The maximum absolute atomic E-state index is 12.5. The topological polar surface area (TPSA) is 58.4 Å². The van der Waals surface area contributed by atoms with Gasteiger partial charge in [-0.1, -0.05) is 29.8 Å². The van der Waals surface area contributed by atoms with E-state index in [-0.39, 0.29) is 12.5 Å². The number of amides is 1. The van der Waals surface area contributed by atoms with E-state index >= 15 is 0 Å². The van der Waals surface area contributed by atoms with Crippen LogP contribution in [-0.4, -0.2) is 45.4 Å².